The fourth-order valence-electron chi connectivity index (χ4n) is 2.63. The predicted molar refractivity (Wildman–Crippen MR) is 79.2 cm³/mol. The topological polar surface area (TPSA) is 63.1 Å². The van der Waals surface area contributed by atoms with Crippen molar-refractivity contribution in [3.05, 3.63) is 30.1 Å². The minimum Gasteiger partial charge on any atom is -0.475 e. The highest BCUT2D eigenvalue weighted by atomic mass is 32.2. The van der Waals surface area contributed by atoms with E-state index in [0.717, 1.165) is 22.1 Å². The molecule has 0 radical (unpaired) electrons. The molecule has 0 saturated heterocycles. The van der Waals surface area contributed by atoms with Gasteiger partial charge in [0.25, 0.3) is 0 Å². The quantitative estimate of drug-likeness (QED) is 0.688. The van der Waals surface area contributed by atoms with Gasteiger partial charge in [-0.3, -0.25) is 0 Å². The summed E-state index contributed by atoms with van der Waals surface area (Å²) in [7, 11) is 0. The highest BCUT2D eigenvalue weighted by molar-refractivity contribution is 7.99. The molecule has 2 aromatic rings. The van der Waals surface area contributed by atoms with E-state index in [0.29, 0.717) is 5.52 Å². The van der Waals surface area contributed by atoms with E-state index in [1.165, 1.54) is 25.7 Å². The average Bonchev–Trinajstić information content (AvgIpc) is 2.97. The summed E-state index contributed by atoms with van der Waals surface area (Å²) in [6.45, 7) is 0. The minimum atomic E-state index is -1.07. The van der Waals surface area contributed by atoms with Gasteiger partial charge >= 0.3 is 5.97 Å². The molecule has 1 N–H and O–H groups in total. The van der Waals surface area contributed by atoms with Crippen LogP contribution in [0.4, 0.5) is 0 Å². The summed E-state index contributed by atoms with van der Waals surface area (Å²) in [5, 5.41) is 10.9. The van der Waals surface area contributed by atoms with Crippen LogP contribution in [0, 0.1) is 5.92 Å². The fraction of sp³-hybridized carbons (Fsp3) is 0.400. The van der Waals surface area contributed by atoms with Crippen LogP contribution in [-0.4, -0.2) is 26.8 Å². The van der Waals surface area contributed by atoms with Gasteiger partial charge in [0, 0.05) is 11.1 Å². The van der Waals surface area contributed by atoms with Crippen LogP contribution in [0.25, 0.3) is 10.9 Å². The Kier molecular flexibility index (Phi) is 3.87. The van der Waals surface area contributed by atoms with Crippen LogP contribution in [0.3, 0.4) is 0 Å². The summed E-state index contributed by atoms with van der Waals surface area (Å²) in [4.78, 5) is 19.4. The zero-order chi connectivity index (χ0) is 13.9. The molecule has 5 heteroatoms. The molecule has 0 bridgehead atoms. The molecule has 0 spiro atoms. The second-order valence-electron chi connectivity index (χ2n) is 5.14. The molecule has 4 nitrogen and oxygen atoms in total. The highest BCUT2D eigenvalue weighted by Crippen LogP contribution is 2.32. The van der Waals surface area contributed by atoms with Crippen LogP contribution < -0.4 is 0 Å². The summed E-state index contributed by atoms with van der Waals surface area (Å²) in [6, 6.07) is 7.60. The van der Waals surface area contributed by atoms with Gasteiger partial charge in [0.05, 0.1) is 5.52 Å². The first kappa shape index (κ1) is 13.4. The smallest absolute Gasteiger partial charge is 0.373 e. The number of hydrogen-bond donors (Lipinski definition) is 1. The monoisotopic (exact) mass is 288 g/mol. The number of hydrogen-bond acceptors (Lipinski definition) is 4. The van der Waals surface area contributed by atoms with E-state index in [1.54, 1.807) is 11.8 Å². The van der Waals surface area contributed by atoms with Crippen molar-refractivity contribution >= 4 is 28.6 Å². The molecule has 1 saturated carbocycles. The van der Waals surface area contributed by atoms with E-state index in [-0.39, 0.29) is 5.82 Å². The van der Waals surface area contributed by atoms with Crippen molar-refractivity contribution in [2.24, 2.45) is 5.92 Å². The molecule has 1 aliphatic rings. The number of aromatic nitrogens is 2. The number of rotatable bonds is 4. The number of thioether (sulfide) groups is 1. The Balaban J connectivity index is 1.92. The molecule has 104 valence electrons. The molecule has 1 heterocycles. The SMILES string of the molecule is O=C(O)c1nc(SCC2CCCC2)c2ccccc2n1. The van der Waals surface area contributed by atoms with Crippen LogP contribution in [0.2, 0.25) is 0 Å². The molecule has 0 atom stereocenters. The van der Waals surface area contributed by atoms with Crippen LogP contribution in [0.5, 0.6) is 0 Å². The predicted octanol–water partition coefficient (Wildman–Crippen LogP) is 3.61. The van der Waals surface area contributed by atoms with Gasteiger partial charge in [-0.1, -0.05) is 31.0 Å². The number of carbonyl (C=O) groups is 1. The van der Waals surface area contributed by atoms with Crippen molar-refractivity contribution < 1.29 is 9.90 Å². The standard InChI is InChI=1S/C15H16N2O2S/c18-15(19)13-16-12-8-4-3-7-11(12)14(17-13)20-9-10-5-1-2-6-10/h3-4,7-8,10H,1-2,5-6,9H2,(H,18,19). The van der Waals surface area contributed by atoms with Crippen molar-refractivity contribution in [1.29, 1.82) is 0 Å². The molecule has 0 aliphatic heterocycles. The number of para-hydroxylation sites is 1. The van der Waals surface area contributed by atoms with E-state index in [2.05, 4.69) is 9.97 Å². The molecule has 0 unspecified atom stereocenters. The molecule has 0 amide bonds. The molecule has 1 aliphatic carbocycles. The maximum atomic E-state index is 11.1. The maximum absolute atomic E-state index is 11.1. The minimum absolute atomic E-state index is 0.113. The molecule has 1 aromatic heterocycles. The number of carboxylic acids is 1. The van der Waals surface area contributed by atoms with E-state index in [9.17, 15) is 4.79 Å². The average molecular weight is 288 g/mol. The lowest BCUT2D eigenvalue weighted by Gasteiger charge is -2.10. The van der Waals surface area contributed by atoms with Gasteiger partial charge in [-0.2, -0.15) is 0 Å². The number of nitrogens with zero attached hydrogens (tertiary/aromatic N) is 2. The van der Waals surface area contributed by atoms with Gasteiger partial charge in [0.1, 0.15) is 5.03 Å². The third-order valence-electron chi connectivity index (χ3n) is 3.69. The molecule has 1 aromatic carbocycles. The van der Waals surface area contributed by atoms with Gasteiger partial charge in [-0.25, -0.2) is 14.8 Å². The third-order valence-corrected chi connectivity index (χ3v) is 4.91. The van der Waals surface area contributed by atoms with Crippen LogP contribution in [0.15, 0.2) is 29.3 Å². The molecule has 3 rings (SSSR count). The van der Waals surface area contributed by atoms with E-state index >= 15 is 0 Å². The van der Waals surface area contributed by atoms with Crippen molar-refractivity contribution in [3.63, 3.8) is 0 Å². The highest BCUT2D eigenvalue weighted by Gasteiger charge is 2.18. The zero-order valence-electron chi connectivity index (χ0n) is 11.1. The van der Waals surface area contributed by atoms with Gasteiger partial charge in [0.15, 0.2) is 0 Å². The Hall–Kier alpha value is -1.62. The first-order valence-corrected chi connectivity index (χ1v) is 7.85. The summed E-state index contributed by atoms with van der Waals surface area (Å²) < 4.78 is 0. The Bertz CT molecular complexity index is 639. The number of carboxylic acid groups (broad SMARTS) is 1. The Morgan fingerprint density at radius 2 is 2.00 bits per heavy atom. The lowest BCUT2D eigenvalue weighted by molar-refractivity contribution is 0.0683. The largest absolute Gasteiger partial charge is 0.475 e. The zero-order valence-corrected chi connectivity index (χ0v) is 11.9. The van der Waals surface area contributed by atoms with Crippen LogP contribution in [-0.2, 0) is 0 Å². The number of aromatic carboxylic acids is 1. The Morgan fingerprint density at radius 3 is 2.75 bits per heavy atom. The fourth-order valence-corrected chi connectivity index (χ4v) is 3.83. The summed E-state index contributed by atoms with van der Waals surface area (Å²) >= 11 is 1.66. The van der Waals surface area contributed by atoms with Gasteiger partial charge in [-0.05, 0) is 24.8 Å². The summed E-state index contributed by atoms with van der Waals surface area (Å²) in [5.41, 5.74) is 0.703. The second kappa shape index (κ2) is 5.79. The first-order chi connectivity index (χ1) is 9.74. The van der Waals surface area contributed by atoms with Gasteiger partial charge < -0.3 is 5.11 Å². The van der Waals surface area contributed by atoms with E-state index < -0.39 is 5.97 Å². The Labute approximate surface area is 121 Å². The molecular weight excluding hydrogens is 272 g/mol. The van der Waals surface area contributed by atoms with Gasteiger partial charge in [-0.15, -0.1) is 11.8 Å². The third kappa shape index (κ3) is 2.77. The number of benzene rings is 1. The van der Waals surface area contributed by atoms with Crippen molar-refractivity contribution in [2.45, 2.75) is 30.7 Å². The second-order valence-corrected chi connectivity index (χ2v) is 6.14. The number of fused-ring (bicyclic) bond motifs is 1. The maximum Gasteiger partial charge on any atom is 0.373 e. The van der Waals surface area contributed by atoms with Gasteiger partial charge in [0.2, 0.25) is 5.82 Å². The van der Waals surface area contributed by atoms with Crippen molar-refractivity contribution in [2.75, 3.05) is 5.75 Å². The summed E-state index contributed by atoms with van der Waals surface area (Å²) in [5.74, 6) is 0.568. The lowest BCUT2D eigenvalue weighted by atomic mass is 10.1. The summed E-state index contributed by atoms with van der Waals surface area (Å²) in [6.07, 6.45) is 5.19. The van der Waals surface area contributed by atoms with Crippen molar-refractivity contribution in [3.8, 4) is 0 Å². The molecule has 20 heavy (non-hydrogen) atoms. The normalized spacial score (nSPS) is 15.8. The van der Waals surface area contributed by atoms with E-state index in [4.69, 9.17) is 5.11 Å². The molecular formula is C15H16N2O2S. The lowest BCUT2D eigenvalue weighted by Crippen LogP contribution is -2.06. The Morgan fingerprint density at radius 1 is 1.25 bits per heavy atom. The van der Waals surface area contributed by atoms with Crippen LogP contribution in [0.1, 0.15) is 36.3 Å². The van der Waals surface area contributed by atoms with E-state index in [1.807, 2.05) is 24.3 Å². The molecule has 1 fully saturated rings. The first-order valence-electron chi connectivity index (χ1n) is 6.87. The van der Waals surface area contributed by atoms with Crippen LogP contribution >= 0.6 is 11.8 Å². The van der Waals surface area contributed by atoms with Crippen molar-refractivity contribution in [1.82, 2.24) is 9.97 Å².